The number of hydrogen-bond acceptors (Lipinski definition) is 2. The van der Waals surface area contributed by atoms with Crippen LogP contribution in [0.25, 0.3) is 0 Å². The maximum atomic E-state index is 3.69. The van der Waals surface area contributed by atoms with Gasteiger partial charge in [-0.15, -0.1) is 0 Å². The first-order valence-electron chi connectivity index (χ1n) is 7.20. The molecule has 0 N–H and O–H groups in total. The summed E-state index contributed by atoms with van der Waals surface area (Å²) in [6, 6.07) is 11.6. The van der Waals surface area contributed by atoms with E-state index >= 15 is 0 Å². The minimum atomic E-state index is 0.599. The van der Waals surface area contributed by atoms with E-state index in [4.69, 9.17) is 0 Å². The molecule has 0 saturated carbocycles. The van der Waals surface area contributed by atoms with E-state index in [1.54, 1.807) is 0 Å². The Morgan fingerprint density at radius 2 is 2.05 bits per heavy atom. The van der Waals surface area contributed by atoms with Crippen LogP contribution in [0.5, 0.6) is 0 Å². The summed E-state index contributed by atoms with van der Waals surface area (Å²) in [6.45, 7) is 3.63. The lowest BCUT2D eigenvalue weighted by molar-refractivity contribution is 0.129. The summed E-state index contributed by atoms with van der Waals surface area (Å²) in [5, 5.41) is 1.04. The van der Waals surface area contributed by atoms with E-state index < -0.39 is 0 Å². The molecule has 1 fully saturated rings. The molecule has 2 nitrogen and oxygen atoms in total. The van der Waals surface area contributed by atoms with Gasteiger partial charge in [-0.05, 0) is 39.0 Å². The third-order valence-corrected chi connectivity index (χ3v) is 4.93. The highest BCUT2D eigenvalue weighted by molar-refractivity contribution is 9.09. The van der Waals surface area contributed by atoms with Crippen molar-refractivity contribution in [2.75, 3.05) is 39.1 Å². The van der Waals surface area contributed by atoms with Gasteiger partial charge in [0.2, 0.25) is 0 Å². The van der Waals surface area contributed by atoms with Crippen LogP contribution in [0.15, 0.2) is 30.3 Å². The number of halogens is 1. The van der Waals surface area contributed by atoms with Crippen LogP contribution in [0, 0.1) is 0 Å². The van der Waals surface area contributed by atoms with Gasteiger partial charge in [-0.2, -0.15) is 0 Å². The zero-order chi connectivity index (χ0) is 13.7. The predicted octanol–water partition coefficient (Wildman–Crippen LogP) is 3.19. The lowest BCUT2D eigenvalue weighted by Crippen LogP contribution is -2.46. The Morgan fingerprint density at radius 1 is 1.32 bits per heavy atom. The molecule has 1 saturated heterocycles. The topological polar surface area (TPSA) is 6.48 Å². The SMILES string of the molecule is CN(C)C1CCCN(CC(CBr)c2ccccc2)C1. The van der Waals surface area contributed by atoms with Gasteiger partial charge in [-0.3, -0.25) is 0 Å². The molecule has 1 aliphatic heterocycles. The van der Waals surface area contributed by atoms with E-state index in [1.165, 1.54) is 38.0 Å². The van der Waals surface area contributed by atoms with E-state index in [0.717, 1.165) is 11.4 Å². The number of rotatable bonds is 5. The number of hydrogen-bond donors (Lipinski definition) is 0. The van der Waals surface area contributed by atoms with Crippen molar-refractivity contribution >= 4 is 15.9 Å². The van der Waals surface area contributed by atoms with Gasteiger partial charge in [0.25, 0.3) is 0 Å². The quantitative estimate of drug-likeness (QED) is 0.767. The van der Waals surface area contributed by atoms with Gasteiger partial charge in [0.05, 0.1) is 0 Å². The average molecular weight is 325 g/mol. The predicted molar refractivity (Wildman–Crippen MR) is 86.1 cm³/mol. The average Bonchev–Trinajstić information content (AvgIpc) is 2.46. The van der Waals surface area contributed by atoms with Crippen LogP contribution in [-0.2, 0) is 0 Å². The van der Waals surface area contributed by atoms with Crippen LogP contribution in [0.2, 0.25) is 0 Å². The monoisotopic (exact) mass is 324 g/mol. The molecule has 3 heteroatoms. The molecule has 106 valence electrons. The lowest BCUT2D eigenvalue weighted by Gasteiger charge is -2.37. The van der Waals surface area contributed by atoms with E-state index in [0.29, 0.717) is 5.92 Å². The summed E-state index contributed by atoms with van der Waals surface area (Å²) < 4.78 is 0. The van der Waals surface area contributed by atoms with Crippen molar-refractivity contribution in [1.82, 2.24) is 9.80 Å². The van der Waals surface area contributed by atoms with Crippen molar-refractivity contribution in [2.24, 2.45) is 0 Å². The normalized spacial score (nSPS) is 22.6. The Balaban J connectivity index is 1.95. The Bertz CT molecular complexity index is 366. The second-order valence-corrected chi connectivity index (χ2v) is 6.43. The smallest absolute Gasteiger partial charge is 0.0217 e. The highest BCUT2D eigenvalue weighted by Crippen LogP contribution is 2.22. The lowest BCUT2D eigenvalue weighted by atomic mass is 9.98. The summed E-state index contributed by atoms with van der Waals surface area (Å²) >= 11 is 3.69. The Morgan fingerprint density at radius 3 is 2.68 bits per heavy atom. The summed E-state index contributed by atoms with van der Waals surface area (Å²) in [5.41, 5.74) is 1.45. The molecule has 1 aliphatic rings. The Labute approximate surface area is 125 Å². The van der Waals surface area contributed by atoms with Gasteiger partial charge in [-0.25, -0.2) is 0 Å². The number of piperidine rings is 1. The largest absolute Gasteiger partial charge is 0.305 e. The minimum Gasteiger partial charge on any atom is -0.305 e. The molecule has 0 bridgehead atoms. The van der Waals surface area contributed by atoms with Crippen molar-refractivity contribution < 1.29 is 0 Å². The van der Waals surface area contributed by atoms with Gasteiger partial charge in [-0.1, -0.05) is 46.3 Å². The Kier molecular flexibility index (Phi) is 5.86. The molecule has 0 aliphatic carbocycles. The number of likely N-dealkylation sites (tertiary alicyclic amines) is 1. The Hall–Kier alpha value is -0.380. The third kappa shape index (κ3) is 4.30. The molecule has 1 aromatic carbocycles. The van der Waals surface area contributed by atoms with E-state index in [9.17, 15) is 0 Å². The molecule has 0 radical (unpaired) electrons. The fourth-order valence-corrected chi connectivity index (χ4v) is 3.48. The molecular weight excluding hydrogens is 300 g/mol. The molecule has 19 heavy (non-hydrogen) atoms. The minimum absolute atomic E-state index is 0.599. The highest BCUT2D eigenvalue weighted by Gasteiger charge is 2.23. The molecule has 1 heterocycles. The first-order valence-corrected chi connectivity index (χ1v) is 8.32. The number of alkyl halides is 1. The van der Waals surface area contributed by atoms with E-state index in [1.807, 2.05) is 0 Å². The van der Waals surface area contributed by atoms with E-state index in [2.05, 4.69) is 70.2 Å². The van der Waals surface area contributed by atoms with E-state index in [-0.39, 0.29) is 0 Å². The fraction of sp³-hybridized carbons (Fsp3) is 0.625. The van der Waals surface area contributed by atoms with Gasteiger partial charge in [0, 0.05) is 30.4 Å². The van der Waals surface area contributed by atoms with Crippen LogP contribution < -0.4 is 0 Å². The molecule has 2 unspecified atom stereocenters. The zero-order valence-corrected chi connectivity index (χ0v) is 13.6. The van der Waals surface area contributed by atoms with Crippen molar-refractivity contribution in [3.05, 3.63) is 35.9 Å². The summed E-state index contributed by atoms with van der Waals surface area (Å²) in [5.74, 6) is 0.599. The zero-order valence-electron chi connectivity index (χ0n) is 12.1. The third-order valence-electron chi connectivity index (χ3n) is 4.15. The first kappa shape index (κ1) is 15.0. The number of likely N-dealkylation sites (N-methyl/N-ethyl adjacent to an activating group) is 1. The van der Waals surface area contributed by atoms with Gasteiger partial charge in [0.15, 0.2) is 0 Å². The van der Waals surface area contributed by atoms with Crippen molar-refractivity contribution in [2.45, 2.75) is 24.8 Å². The van der Waals surface area contributed by atoms with Crippen molar-refractivity contribution in [3.63, 3.8) is 0 Å². The molecule has 0 spiro atoms. The standard InChI is InChI=1S/C16H25BrN2/c1-18(2)16-9-6-10-19(13-16)12-15(11-17)14-7-4-3-5-8-14/h3-5,7-8,15-16H,6,9-13H2,1-2H3. The summed E-state index contributed by atoms with van der Waals surface area (Å²) in [6.07, 6.45) is 2.67. The summed E-state index contributed by atoms with van der Waals surface area (Å²) in [4.78, 5) is 5.00. The molecule has 0 amide bonds. The van der Waals surface area contributed by atoms with Crippen LogP contribution in [0.1, 0.15) is 24.3 Å². The van der Waals surface area contributed by atoms with Crippen LogP contribution in [0.3, 0.4) is 0 Å². The van der Waals surface area contributed by atoms with Gasteiger partial charge >= 0.3 is 0 Å². The van der Waals surface area contributed by atoms with Crippen LogP contribution in [-0.4, -0.2) is 54.9 Å². The molecule has 0 aromatic heterocycles. The number of nitrogens with zero attached hydrogens (tertiary/aromatic N) is 2. The second kappa shape index (κ2) is 7.41. The fourth-order valence-electron chi connectivity index (χ4n) is 2.90. The van der Waals surface area contributed by atoms with Gasteiger partial charge < -0.3 is 9.80 Å². The van der Waals surface area contributed by atoms with Crippen LogP contribution in [0.4, 0.5) is 0 Å². The second-order valence-electron chi connectivity index (χ2n) is 5.78. The summed E-state index contributed by atoms with van der Waals surface area (Å²) in [7, 11) is 4.40. The number of benzene rings is 1. The van der Waals surface area contributed by atoms with Crippen molar-refractivity contribution in [1.29, 1.82) is 0 Å². The molecule has 2 rings (SSSR count). The van der Waals surface area contributed by atoms with Crippen molar-refractivity contribution in [3.8, 4) is 0 Å². The molecule has 2 atom stereocenters. The van der Waals surface area contributed by atoms with Crippen LogP contribution >= 0.6 is 15.9 Å². The maximum Gasteiger partial charge on any atom is 0.0217 e. The first-order chi connectivity index (χ1) is 9.20. The molecular formula is C16H25BrN2. The molecule has 1 aromatic rings. The van der Waals surface area contributed by atoms with Gasteiger partial charge in [0.1, 0.15) is 0 Å². The highest BCUT2D eigenvalue weighted by atomic mass is 79.9. The maximum absolute atomic E-state index is 3.69.